The first-order chi connectivity index (χ1) is 12.2. The number of likely N-dealkylation sites (tertiary alicyclic amines) is 1. The van der Waals surface area contributed by atoms with E-state index in [-0.39, 0.29) is 17.0 Å². The van der Waals surface area contributed by atoms with Gasteiger partial charge in [-0.15, -0.1) is 0 Å². The number of sulfonamides is 1. The van der Waals surface area contributed by atoms with E-state index in [2.05, 4.69) is 22.1 Å². The smallest absolute Gasteiger partial charge is 0.245 e. The molecule has 0 radical (unpaired) electrons. The van der Waals surface area contributed by atoms with Gasteiger partial charge in [0.2, 0.25) is 10.0 Å². The summed E-state index contributed by atoms with van der Waals surface area (Å²) in [6, 6.07) is 3.21. The Morgan fingerprint density at radius 1 is 1.19 bits per heavy atom. The molecule has 0 amide bonds. The zero-order valence-electron chi connectivity index (χ0n) is 16.8. The van der Waals surface area contributed by atoms with Gasteiger partial charge < -0.3 is 10.2 Å². The highest BCUT2D eigenvalue weighted by Crippen LogP contribution is 2.21. The van der Waals surface area contributed by atoms with E-state index >= 15 is 0 Å². The third kappa shape index (κ3) is 5.41. The maximum absolute atomic E-state index is 12.8. The number of anilines is 1. The highest BCUT2D eigenvalue weighted by atomic mass is 32.2. The molecule has 1 fully saturated rings. The lowest BCUT2D eigenvalue weighted by atomic mass is 9.99. The highest BCUT2D eigenvalue weighted by molar-refractivity contribution is 7.89. The number of nitrogens with zero attached hydrogens (tertiary/aromatic N) is 3. The Kier molecular flexibility index (Phi) is 7.43. The zero-order chi connectivity index (χ0) is 19.3. The minimum Gasteiger partial charge on any atom is -0.369 e. The van der Waals surface area contributed by atoms with Crippen LogP contribution in [-0.2, 0) is 10.0 Å². The van der Waals surface area contributed by atoms with Crippen LogP contribution in [0.4, 0.5) is 5.82 Å². The van der Waals surface area contributed by atoms with E-state index in [9.17, 15) is 8.42 Å². The molecule has 1 aromatic rings. The summed E-state index contributed by atoms with van der Waals surface area (Å²) in [6.45, 7) is 14.0. The standard InChI is InChI=1S/C19H34N4O2S/c1-15(2)23(16(3)4)26(24,25)18-6-7-19(21-14-18)20-10-13-22-11-8-17(5)9-12-22/h6-7,14-17H,8-13H2,1-5H3,(H,20,21). The molecule has 148 valence electrons. The molecule has 0 aliphatic carbocycles. The van der Waals surface area contributed by atoms with Crippen LogP contribution < -0.4 is 5.32 Å². The van der Waals surface area contributed by atoms with Crippen LogP contribution in [0.25, 0.3) is 0 Å². The van der Waals surface area contributed by atoms with E-state index in [1.165, 1.54) is 23.3 Å². The van der Waals surface area contributed by atoms with Gasteiger partial charge in [-0.2, -0.15) is 4.31 Å². The second kappa shape index (κ2) is 9.15. The summed E-state index contributed by atoms with van der Waals surface area (Å²) >= 11 is 0. The number of aromatic nitrogens is 1. The van der Waals surface area contributed by atoms with Crippen molar-refractivity contribution in [2.24, 2.45) is 5.92 Å². The van der Waals surface area contributed by atoms with Crippen LogP contribution in [-0.4, -0.2) is 60.9 Å². The molecule has 2 heterocycles. The first-order valence-electron chi connectivity index (χ1n) is 9.67. The third-order valence-corrected chi connectivity index (χ3v) is 7.18. The van der Waals surface area contributed by atoms with Gasteiger partial charge in [0.05, 0.1) is 0 Å². The van der Waals surface area contributed by atoms with Crippen LogP contribution in [0.2, 0.25) is 0 Å². The van der Waals surface area contributed by atoms with Crippen molar-refractivity contribution in [2.45, 2.75) is 64.4 Å². The first kappa shape index (κ1) is 21.1. The second-order valence-electron chi connectivity index (χ2n) is 7.85. The van der Waals surface area contributed by atoms with Crippen LogP contribution >= 0.6 is 0 Å². The van der Waals surface area contributed by atoms with Gasteiger partial charge >= 0.3 is 0 Å². The molecule has 7 heteroatoms. The minimum absolute atomic E-state index is 0.0925. The SMILES string of the molecule is CC1CCN(CCNc2ccc(S(=O)(=O)N(C(C)C)C(C)C)cn2)CC1. The average Bonchev–Trinajstić information content (AvgIpc) is 2.56. The summed E-state index contributed by atoms with van der Waals surface area (Å²) in [6.07, 6.45) is 4.00. The molecule has 1 aromatic heterocycles. The Labute approximate surface area is 159 Å². The van der Waals surface area contributed by atoms with Gasteiger partial charge in [-0.1, -0.05) is 6.92 Å². The van der Waals surface area contributed by atoms with E-state index < -0.39 is 10.0 Å². The molecule has 2 rings (SSSR count). The van der Waals surface area contributed by atoms with E-state index in [0.29, 0.717) is 0 Å². The number of nitrogens with one attached hydrogen (secondary N) is 1. The minimum atomic E-state index is -3.52. The molecule has 0 atom stereocenters. The molecule has 1 N–H and O–H groups in total. The van der Waals surface area contributed by atoms with E-state index in [1.54, 1.807) is 12.1 Å². The van der Waals surface area contributed by atoms with Crippen LogP contribution in [0.15, 0.2) is 23.2 Å². The van der Waals surface area contributed by atoms with Crippen molar-refractivity contribution in [2.75, 3.05) is 31.5 Å². The van der Waals surface area contributed by atoms with E-state index in [1.807, 2.05) is 27.7 Å². The van der Waals surface area contributed by atoms with Crippen LogP contribution in [0.5, 0.6) is 0 Å². The maximum atomic E-state index is 12.8. The Bertz CT molecular complexity index is 643. The molecular formula is C19H34N4O2S. The van der Waals surface area contributed by atoms with Gasteiger partial charge in [0.15, 0.2) is 0 Å². The molecule has 0 saturated carbocycles. The average molecular weight is 383 g/mol. The van der Waals surface area contributed by atoms with Gasteiger partial charge in [-0.25, -0.2) is 13.4 Å². The molecule has 1 saturated heterocycles. The summed E-state index contributed by atoms with van der Waals surface area (Å²) in [5, 5.41) is 3.30. The predicted molar refractivity (Wildman–Crippen MR) is 107 cm³/mol. The number of pyridine rings is 1. The fourth-order valence-electron chi connectivity index (χ4n) is 3.54. The lowest BCUT2D eigenvalue weighted by Gasteiger charge is -2.30. The molecule has 26 heavy (non-hydrogen) atoms. The number of hydrogen-bond acceptors (Lipinski definition) is 5. The van der Waals surface area contributed by atoms with E-state index in [0.717, 1.165) is 37.9 Å². The normalized spacial score (nSPS) is 17.4. The van der Waals surface area contributed by atoms with Crippen molar-refractivity contribution in [1.29, 1.82) is 0 Å². The summed E-state index contributed by atoms with van der Waals surface area (Å²) in [5.41, 5.74) is 0. The predicted octanol–water partition coefficient (Wildman–Crippen LogP) is 3.03. The van der Waals surface area contributed by atoms with Gasteiger partial charge in [0, 0.05) is 31.4 Å². The molecule has 1 aliphatic rings. The van der Waals surface area contributed by atoms with Crippen LogP contribution in [0.3, 0.4) is 0 Å². The first-order valence-corrected chi connectivity index (χ1v) is 11.1. The molecule has 1 aliphatic heterocycles. The topological polar surface area (TPSA) is 65.5 Å². The lowest BCUT2D eigenvalue weighted by Crippen LogP contribution is -2.41. The monoisotopic (exact) mass is 382 g/mol. The van der Waals surface area contributed by atoms with Gasteiger partial charge in [-0.05, 0) is 71.7 Å². The summed E-state index contributed by atoms with van der Waals surface area (Å²) < 4.78 is 27.2. The number of piperidine rings is 1. The van der Waals surface area contributed by atoms with Crippen molar-refractivity contribution < 1.29 is 8.42 Å². The van der Waals surface area contributed by atoms with Gasteiger partial charge in [0.25, 0.3) is 0 Å². The molecular weight excluding hydrogens is 348 g/mol. The molecule has 6 nitrogen and oxygen atoms in total. The molecule has 0 spiro atoms. The fraction of sp³-hybridized carbons (Fsp3) is 0.737. The molecule has 0 aromatic carbocycles. The number of rotatable bonds is 8. The Morgan fingerprint density at radius 2 is 1.81 bits per heavy atom. The zero-order valence-corrected chi connectivity index (χ0v) is 17.6. The van der Waals surface area contributed by atoms with Gasteiger partial charge in [0.1, 0.15) is 10.7 Å². The van der Waals surface area contributed by atoms with Crippen LogP contribution in [0, 0.1) is 5.92 Å². The Hall–Kier alpha value is -1.18. The Morgan fingerprint density at radius 3 is 2.31 bits per heavy atom. The van der Waals surface area contributed by atoms with Crippen molar-refractivity contribution in [3.8, 4) is 0 Å². The lowest BCUT2D eigenvalue weighted by molar-refractivity contribution is 0.199. The maximum Gasteiger partial charge on any atom is 0.245 e. The highest BCUT2D eigenvalue weighted by Gasteiger charge is 2.29. The third-order valence-electron chi connectivity index (χ3n) is 4.94. The number of hydrogen-bond donors (Lipinski definition) is 1. The van der Waals surface area contributed by atoms with Crippen molar-refractivity contribution in [3.63, 3.8) is 0 Å². The largest absolute Gasteiger partial charge is 0.369 e. The van der Waals surface area contributed by atoms with Crippen molar-refractivity contribution >= 4 is 15.8 Å². The fourth-order valence-corrected chi connectivity index (χ4v) is 5.32. The Balaban J connectivity index is 1.93. The second-order valence-corrected chi connectivity index (χ2v) is 9.70. The van der Waals surface area contributed by atoms with E-state index in [4.69, 9.17) is 0 Å². The van der Waals surface area contributed by atoms with Gasteiger partial charge in [-0.3, -0.25) is 0 Å². The molecule has 0 bridgehead atoms. The summed E-state index contributed by atoms with van der Waals surface area (Å²) in [7, 11) is -3.52. The summed E-state index contributed by atoms with van der Waals surface area (Å²) in [4.78, 5) is 7.02. The van der Waals surface area contributed by atoms with Crippen molar-refractivity contribution in [3.05, 3.63) is 18.3 Å². The van der Waals surface area contributed by atoms with Crippen LogP contribution in [0.1, 0.15) is 47.5 Å². The van der Waals surface area contributed by atoms with Crippen molar-refractivity contribution in [1.82, 2.24) is 14.2 Å². The molecule has 0 unspecified atom stereocenters. The summed E-state index contributed by atoms with van der Waals surface area (Å²) in [5.74, 6) is 1.56. The quantitative estimate of drug-likeness (QED) is 0.749.